The Hall–Kier alpha value is -4.47. The van der Waals surface area contributed by atoms with E-state index in [9.17, 15) is 14.4 Å². The number of furan rings is 1. The van der Waals surface area contributed by atoms with Crippen molar-refractivity contribution in [3.8, 4) is 17.4 Å². The van der Waals surface area contributed by atoms with E-state index in [4.69, 9.17) is 4.42 Å². The molecule has 0 saturated carbocycles. The average molecular weight is 487 g/mol. The van der Waals surface area contributed by atoms with Gasteiger partial charge >= 0.3 is 0 Å². The van der Waals surface area contributed by atoms with E-state index in [0.717, 1.165) is 16.8 Å². The summed E-state index contributed by atoms with van der Waals surface area (Å²) in [5.74, 6) is -0.0321. The largest absolute Gasteiger partial charge is 0.463 e. The molecular formula is C26H26N6O4. The molecule has 1 fully saturated rings. The third-order valence-electron chi connectivity index (χ3n) is 6.62. The molecule has 4 heterocycles. The molecule has 1 saturated heterocycles. The van der Waals surface area contributed by atoms with E-state index < -0.39 is 5.92 Å². The normalized spacial score (nSPS) is 15.5. The number of hydrogen-bond acceptors (Lipinski definition) is 6. The molecule has 184 valence electrons. The summed E-state index contributed by atoms with van der Waals surface area (Å²) in [5, 5.41) is 7.39. The lowest BCUT2D eigenvalue weighted by Crippen LogP contribution is -2.29. The molecule has 5 rings (SSSR count). The zero-order valence-electron chi connectivity index (χ0n) is 20.5. The van der Waals surface area contributed by atoms with Crippen molar-refractivity contribution in [3.63, 3.8) is 0 Å². The number of aromatic nitrogens is 4. The Bertz CT molecular complexity index is 1530. The summed E-state index contributed by atoms with van der Waals surface area (Å²) in [4.78, 5) is 47.2. The number of nitrogens with one attached hydrogen (secondary N) is 2. The Morgan fingerprint density at radius 2 is 1.92 bits per heavy atom. The molecule has 1 atom stereocenters. The lowest BCUT2D eigenvalue weighted by molar-refractivity contribution is -0.122. The van der Waals surface area contributed by atoms with Gasteiger partial charge in [0.05, 0.1) is 12.2 Å². The first-order chi connectivity index (χ1) is 17.2. The molecule has 2 amide bonds. The van der Waals surface area contributed by atoms with Crippen molar-refractivity contribution in [3.05, 3.63) is 75.4 Å². The van der Waals surface area contributed by atoms with Crippen molar-refractivity contribution in [1.29, 1.82) is 0 Å². The number of amides is 2. The smallest absolute Gasteiger partial charge is 0.255 e. The summed E-state index contributed by atoms with van der Waals surface area (Å²) in [6.45, 7) is 7.69. The molecule has 0 spiro atoms. The molecular weight excluding hydrogens is 460 g/mol. The van der Waals surface area contributed by atoms with E-state index in [1.165, 1.54) is 10.9 Å². The van der Waals surface area contributed by atoms with Crippen LogP contribution in [0.1, 0.15) is 28.8 Å². The minimum absolute atomic E-state index is 0.0939. The van der Waals surface area contributed by atoms with Crippen LogP contribution in [-0.2, 0) is 9.59 Å². The first-order valence-corrected chi connectivity index (χ1v) is 11.6. The van der Waals surface area contributed by atoms with Crippen molar-refractivity contribution in [2.45, 2.75) is 34.1 Å². The summed E-state index contributed by atoms with van der Waals surface area (Å²) in [7, 11) is 0. The van der Waals surface area contributed by atoms with E-state index in [2.05, 4.69) is 20.4 Å². The van der Waals surface area contributed by atoms with Crippen molar-refractivity contribution in [1.82, 2.24) is 19.7 Å². The van der Waals surface area contributed by atoms with Crippen LogP contribution in [0, 0.1) is 33.6 Å². The maximum Gasteiger partial charge on any atom is 0.255 e. The standard InChI is InChI=1S/C26H26N6O4/c1-14-7-8-19(10-15(14)2)31-13-18(11-23(31)33)25(35)28-22-12-20(21-6-5-9-36-21)30-32(22)26-27-17(4)16(3)24(34)29-26/h5-10,12,18H,11,13H2,1-4H3,(H,28,35)(H,27,29,34). The van der Waals surface area contributed by atoms with Crippen LogP contribution in [0.25, 0.3) is 17.4 Å². The SMILES string of the molecule is Cc1ccc(N2CC(C(=O)Nc3cc(-c4ccco4)nn3-c3nc(C)c(C)c(=O)[nH]3)CC2=O)cc1C. The first kappa shape index (κ1) is 23.3. The monoisotopic (exact) mass is 486 g/mol. The maximum absolute atomic E-state index is 13.3. The molecule has 0 radical (unpaired) electrons. The molecule has 1 aliphatic heterocycles. The summed E-state index contributed by atoms with van der Waals surface area (Å²) < 4.78 is 6.82. The Balaban J connectivity index is 1.44. The van der Waals surface area contributed by atoms with Gasteiger partial charge in [-0.3, -0.25) is 19.4 Å². The topological polar surface area (TPSA) is 126 Å². The van der Waals surface area contributed by atoms with Crippen molar-refractivity contribution in [2.75, 3.05) is 16.8 Å². The number of rotatable bonds is 5. The third-order valence-corrected chi connectivity index (χ3v) is 6.62. The number of aryl methyl sites for hydroxylation is 3. The third kappa shape index (κ3) is 4.21. The van der Waals surface area contributed by atoms with E-state index >= 15 is 0 Å². The van der Waals surface area contributed by atoms with Crippen LogP contribution in [0.3, 0.4) is 0 Å². The molecule has 10 nitrogen and oxygen atoms in total. The Morgan fingerprint density at radius 1 is 1.11 bits per heavy atom. The number of carbonyl (C=O) groups excluding carboxylic acids is 2. The van der Waals surface area contributed by atoms with Gasteiger partial charge in [0.1, 0.15) is 11.5 Å². The van der Waals surface area contributed by atoms with E-state index in [1.807, 2.05) is 32.0 Å². The van der Waals surface area contributed by atoms with Crippen LogP contribution >= 0.6 is 0 Å². The summed E-state index contributed by atoms with van der Waals surface area (Å²) in [6, 6.07) is 10.9. The first-order valence-electron chi connectivity index (χ1n) is 11.6. The number of nitrogens with zero attached hydrogens (tertiary/aromatic N) is 4. The Labute approximate surface area is 207 Å². The summed E-state index contributed by atoms with van der Waals surface area (Å²) in [6.07, 6.45) is 1.62. The van der Waals surface area contributed by atoms with Crippen LogP contribution < -0.4 is 15.8 Å². The highest BCUT2D eigenvalue weighted by Gasteiger charge is 2.36. The fraction of sp³-hybridized carbons (Fsp3) is 0.269. The van der Waals surface area contributed by atoms with Crippen molar-refractivity contribution in [2.24, 2.45) is 5.92 Å². The van der Waals surface area contributed by atoms with Gasteiger partial charge in [0.15, 0.2) is 5.76 Å². The average Bonchev–Trinajstić information content (AvgIpc) is 3.59. The number of aromatic amines is 1. The molecule has 0 aliphatic carbocycles. The van der Waals surface area contributed by atoms with Gasteiger partial charge in [-0.05, 0) is 63.1 Å². The minimum atomic E-state index is -0.554. The predicted molar refractivity (Wildman–Crippen MR) is 134 cm³/mol. The highest BCUT2D eigenvalue weighted by Crippen LogP contribution is 2.29. The van der Waals surface area contributed by atoms with Gasteiger partial charge in [-0.2, -0.15) is 9.78 Å². The molecule has 1 aliphatic rings. The highest BCUT2D eigenvalue weighted by atomic mass is 16.3. The Morgan fingerprint density at radius 3 is 2.61 bits per heavy atom. The number of benzene rings is 1. The van der Waals surface area contributed by atoms with E-state index in [0.29, 0.717) is 28.5 Å². The lowest BCUT2D eigenvalue weighted by atomic mass is 10.1. The summed E-state index contributed by atoms with van der Waals surface area (Å²) in [5.41, 5.74) is 4.20. The number of hydrogen-bond donors (Lipinski definition) is 2. The molecule has 1 unspecified atom stereocenters. The van der Waals surface area contributed by atoms with Crippen molar-refractivity contribution >= 4 is 23.3 Å². The zero-order valence-corrected chi connectivity index (χ0v) is 20.5. The molecule has 3 aromatic heterocycles. The molecule has 0 bridgehead atoms. The van der Waals surface area contributed by atoms with Crippen LogP contribution in [-0.4, -0.2) is 38.1 Å². The second-order valence-electron chi connectivity index (χ2n) is 9.07. The molecule has 4 aromatic rings. The fourth-order valence-electron chi connectivity index (χ4n) is 4.16. The van der Waals surface area contributed by atoms with Crippen LogP contribution in [0.2, 0.25) is 0 Å². The van der Waals surface area contributed by atoms with Crippen LogP contribution in [0.5, 0.6) is 0 Å². The number of anilines is 2. The minimum Gasteiger partial charge on any atom is -0.463 e. The predicted octanol–water partition coefficient (Wildman–Crippen LogP) is 3.44. The van der Waals surface area contributed by atoms with Gasteiger partial charge in [0.25, 0.3) is 5.56 Å². The van der Waals surface area contributed by atoms with Gasteiger partial charge in [-0.15, -0.1) is 0 Å². The van der Waals surface area contributed by atoms with Gasteiger partial charge < -0.3 is 14.6 Å². The second kappa shape index (κ2) is 8.95. The molecule has 36 heavy (non-hydrogen) atoms. The van der Waals surface area contributed by atoms with Crippen LogP contribution in [0.4, 0.5) is 11.5 Å². The highest BCUT2D eigenvalue weighted by molar-refractivity contribution is 6.03. The fourth-order valence-corrected chi connectivity index (χ4v) is 4.16. The summed E-state index contributed by atoms with van der Waals surface area (Å²) >= 11 is 0. The number of carbonyl (C=O) groups is 2. The van der Waals surface area contributed by atoms with E-state index in [1.54, 1.807) is 36.9 Å². The van der Waals surface area contributed by atoms with Gasteiger partial charge in [0.2, 0.25) is 17.8 Å². The van der Waals surface area contributed by atoms with Crippen LogP contribution in [0.15, 0.2) is 51.9 Å². The molecule has 10 heteroatoms. The lowest BCUT2D eigenvalue weighted by Gasteiger charge is -2.18. The van der Waals surface area contributed by atoms with E-state index in [-0.39, 0.29) is 36.3 Å². The van der Waals surface area contributed by atoms with Gasteiger partial charge in [0, 0.05) is 36.0 Å². The van der Waals surface area contributed by atoms with Gasteiger partial charge in [-0.25, -0.2) is 4.98 Å². The quantitative estimate of drug-likeness (QED) is 0.445. The number of H-pyrrole nitrogens is 1. The Kier molecular flexibility index (Phi) is 5.79. The van der Waals surface area contributed by atoms with Crippen molar-refractivity contribution < 1.29 is 14.0 Å². The van der Waals surface area contributed by atoms with Gasteiger partial charge in [-0.1, -0.05) is 6.07 Å². The zero-order chi connectivity index (χ0) is 25.6. The second-order valence-corrected chi connectivity index (χ2v) is 9.07. The molecule has 2 N–H and O–H groups in total. The molecule has 1 aromatic carbocycles. The maximum atomic E-state index is 13.3.